The van der Waals surface area contributed by atoms with Gasteiger partial charge in [0, 0.05) is 25.1 Å². The number of non-ortho nitro benzene ring substituents is 1. The van der Waals surface area contributed by atoms with Crippen LogP contribution in [0.1, 0.15) is 17.9 Å². The fourth-order valence-electron chi connectivity index (χ4n) is 1.75. The number of rotatable bonds is 8. The molecule has 0 aromatic heterocycles. The summed E-state index contributed by atoms with van der Waals surface area (Å²) < 4.78 is 29.5. The van der Waals surface area contributed by atoms with E-state index in [0.29, 0.717) is 0 Å². The lowest BCUT2D eigenvalue weighted by molar-refractivity contribution is -0.384. The first kappa shape index (κ1) is 18.5. The van der Waals surface area contributed by atoms with E-state index in [0.717, 1.165) is 12.1 Å². The number of carboxylic acids is 1. The number of carbonyl (C=O) groups is 2. The third kappa shape index (κ3) is 6.40. The second-order valence-electron chi connectivity index (χ2n) is 4.58. The molecule has 11 heteroatoms. The average Bonchev–Trinajstić information content (AvgIpc) is 2.43. The van der Waals surface area contributed by atoms with Gasteiger partial charge in [0.2, 0.25) is 5.91 Å². The van der Waals surface area contributed by atoms with Gasteiger partial charge in [-0.15, -0.1) is 0 Å². The highest BCUT2D eigenvalue weighted by Gasteiger charge is 2.24. The maximum Gasteiger partial charge on any atom is 0.311 e. The van der Waals surface area contributed by atoms with Gasteiger partial charge in [-0.25, -0.2) is 0 Å². The van der Waals surface area contributed by atoms with Crippen LogP contribution in [0, 0.1) is 10.1 Å². The predicted molar refractivity (Wildman–Crippen MR) is 77.5 cm³/mol. The minimum atomic E-state index is -4.22. The van der Waals surface area contributed by atoms with Crippen molar-refractivity contribution >= 4 is 27.7 Å². The second-order valence-corrected chi connectivity index (χ2v) is 6.15. The summed E-state index contributed by atoms with van der Waals surface area (Å²) >= 11 is 0. The fourth-order valence-corrected chi connectivity index (χ4v) is 2.11. The zero-order valence-corrected chi connectivity index (χ0v) is 12.5. The van der Waals surface area contributed by atoms with Crippen molar-refractivity contribution in [3.63, 3.8) is 0 Å². The molecule has 1 atom stereocenters. The van der Waals surface area contributed by atoms with Gasteiger partial charge in [0.05, 0.1) is 16.6 Å². The first-order valence-corrected chi connectivity index (χ1v) is 7.90. The van der Waals surface area contributed by atoms with Gasteiger partial charge in [-0.1, -0.05) is 12.1 Å². The molecule has 3 N–H and O–H groups in total. The summed E-state index contributed by atoms with van der Waals surface area (Å²) in [5, 5.41) is 21.9. The number of nitro groups is 1. The van der Waals surface area contributed by atoms with Crippen LogP contribution in [0.15, 0.2) is 24.3 Å². The van der Waals surface area contributed by atoms with Crippen LogP contribution in [0.4, 0.5) is 5.69 Å². The molecule has 126 valence electrons. The number of carboxylic acid groups (broad SMARTS) is 1. The SMILES string of the molecule is O=C(CC(C(=O)O)c1ccc([N+](=O)[O-])cc1)NCCS(=O)(=O)O. The molecule has 0 radical (unpaired) electrons. The van der Waals surface area contributed by atoms with Gasteiger partial charge < -0.3 is 10.4 Å². The van der Waals surface area contributed by atoms with Crippen LogP contribution in [-0.4, -0.2) is 47.2 Å². The number of nitrogens with zero attached hydrogens (tertiary/aromatic N) is 1. The molecule has 0 fully saturated rings. The van der Waals surface area contributed by atoms with Crippen molar-refractivity contribution in [3.05, 3.63) is 39.9 Å². The molecule has 0 spiro atoms. The van der Waals surface area contributed by atoms with E-state index in [1.165, 1.54) is 12.1 Å². The monoisotopic (exact) mass is 346 g/mol. The number of aliphatic carboxylic acids is 1. The molecule has 0 aliphatic heterocycles. The molecular formula is C12H14N2O8S. The summed E-state index contributed by atoms with van der Waals surface area (Å²) in [6, 6.07) is 4.73. The van der Waals surface area contributed by atoms with E-state index in [4.69, 9.17) is 9.66 Å². The number of benzene rings is 1. The summed E-state index contributed by atoms with van der Waals surface area (Å²) in [6.07, 6.45) is -0.474. The first-order chi connectivity index (χ1) is 10.6. The molecule has 1 rings (SSSR count). The third-order valence-corrected chi connectivity index (χ3v) is 3.60. The van der Waals surface area contributed by atoms with Gasteiger partial charge in [0.25, 0.3) is 15.8 Å². The van der Waals surface area contributed by atoms with E-state index in [-0.39, 0.29) is 17.8 Å². The van der Waals surface area contributed by atoms with E-state index in [9.17, 15) is 28.1 Å². The van der Waals surface area contributed by atoms with Crippen molar-refractivity contribution in [2.24, 2.45) is 0 Å². The van der Waals surface area contributed by atoms with Gasteiger partial charge in [-0.05, 0) is 5.56 Å². The molecule has 0 aliphatic rings. The first-order valence-electron chi connectivity index (χ1n) is 6.29. The lowest BCUT2D eigenvalue weighted by atomic mass is 9.95. The van der Waals surface area contributed by atoms with Crippen molar-refractivity contribution in [1.29, 1.82) is 0 Å². The maximum absolute atomic E-state index is 11.6. The highest BCUT2D eigenvalue weighted by Crippen LogP contribution is 2.22. The van der Waals surface area contributed by atoms with Crippen LogP contribution in [0.2, 0.25) is 0 Å². The highest BCUT2D eigenvalue weighted by molar-refractivity contribution is 7.85. The number of hydrogen-bond donors (Lipinski definition) is 3. The van der Waals surface area contributed by atoms with E-state index in [1.54, 1.807) is 0 Å². The van der Waals surface area contributed by atoms with Crippen molar-refractivity contribution in [3.8, 4) is 0 Å². The molecule has 1 unspecified atom stereocenters. The normalized spacial score (nSPS) is 12.4. The molecule has 0 bridgehead atoms. The zero-order valence-electron chi connectivity index (χ0n) is 11.7. The smallest absolute Gasteiger partial charge is 0.311 e. The van der Waals surface area contributed by atoms with E-state index in [2.05, 4.69) is 5.32 Å². The summed E-state index contributed by atoms with van der Waals surface area (Å²) in [7, 11) is -4.22. The second kappa shape index (κ2) is 7.65. The van der Waals surface area contributed by atoms with Crippen molar-refractivity contribution in [2.75, 3.05) is 12.3 Å². The Kier molecular flexibility index (Phi) is 6.16. The summed E-state index contributed by atoms with van der Waals surface area (Å²) in [6.45, 7) is -0.357. The topological polar surface area (TPSA) is 164 Å². The Bertz CT molecular complexity index is 698. The summed E-state index contributed by atoms with van der Waals surface area (Å²) in [4.78, 5) is 32.8. The molecule has 1 aromatic carbocycles. The van der Waals surface area contributed by atoms with Gasteiger partial charge >= 0.3 is 5.97 Å². The minimum Gasteiger partial charge on any atom is -0.481 e. The predicted octanol–water partition coefficient (Wildman–Crippen LogP) is 0.157. The van der Waals surface area contributed by atoms with Crippen LogP contribution < -0.4 is 5.32 Å². The number of nitrogens with one attached hydrogen (secondary N) is 1. The fraction of sp³-hybridized carbons (Fsp3) is 0.333. The Hall–Kier alpha value is -2.53. The van der Waals surface area contributed by atoms with Crippen molar-refractivity contribution in [1.82, 2.24) is 5.32 Å². The van der Waals surface area contributed by atoms with Crippen LogP contribution in [-0.2, 0) is 19.7 Å². The number of amides is 1. The molecule has 10 nitrogen and oxygen atoms in total. The molecule has 0 heterocycles. The Morgan fingerprint density at radius 2 is 1.83 bits per heavy atom. The highest BCUT2D eigenvalue weighted by atomic mass is 32.2. The van der Waals surface area contributed by atoms with Gasteiger partial charge in [-0.3, -0.25) is 24.3 Å². The van der Waals surface area contributed by atoms with Gasteiger partial charge in [-0.2, -0.15) is 8.42 Å². The Morgan fingerprint density at radius 3 is 2.26 bits per heavy atom. The molecular weight excluding hydrogens is 332 g/mol. The lowest BCUT2D eigenvalue weighted by Crippen LogP contribution is -2.31. The number of carbonyl (C=O) groups excluding carboxylic acids is 1. The van der Waals surface area contributed by atoms with Gasteiger partial charge in [0.15, 0.2) is 0 Å². The van der Waals surface area contributed by atoms with Crippen LogP contribution in [0.3, 0.4) is 0 Å². The largest absolute Gasteiger partial charge is 0.481 e. The maximum atomic E-state index is 11.6. The molecule has 23 heavy (non-hydrogen) atoms. The van der Waals surface area contributed by atoms with Crippen molar-refractivity contribution in [2.45, 2.75) is 12.3 Å². The van der Waals surface area contributed by atoms with Crippen LogP contribution in [0.25, 0.3) is 0 Å². The number of nitro benzene ring substituents is 1. The Labute approximate surface area is 131 Å². The molecule has 1 amide bonds. The van der Waals surface area contributed by atoms with Crippen LogP contribution >= 0.6 is 0 Å². The standard InChI is InChI=1S/C12H14N2O8S/c15-11(13-5-6-23(20,21)22)7-10(12(16)17)8-1-3-9(4-2-8)14(18)19/h1-4,10H,5-7H2,(H,13,15)(H,16,17)(H,20,21,22). The quantitative estimate of drug-likeness (QED) is 0.340. The average molecular weight is 346 g/mol. The Morgan fingerprint density at radius 1 is 1.26 bits per heavy atom. The minimum absolute atomic E-state index is 0.202. The molecule has 0 aliphatic carbocycles. The molecule has 1 aromatic rings. The Balaban J connectivity index is 2.73. The summed E-state index contributed by atoms with van der Waals surface area (Å²) in [5.41, 5.74) is -0.0106. The third-order valence-electron chi connectivity index (χ3n) is 2.88. The van der Waals surface area contributed by atoms with E-state index < -0.39 is 45.0 Å². The zero-order chi connectivity index (χ0) is 17.6. The number of hydrogen-bond acceptors (Lipinski definition) is 6. The lowest BCUT2D eigenvalue weighted by Gasteiger charge is -2.12. The molecule has 0 saturated carbocycles. The summed E-state index contributed by atoms with van der Waals surface area (Å²) in [5.74, 6) is -3.95. The van der Waals surface area contributed by atoms with Gasteiger partial charge in [0.1, 0.15) is 0 Å². The van der Waals surface area contributed by atoms with Crippen LogP contribution in [0.5, 0.6) is 0 Å². The van der Waals surface area contributed by atoms with E-state index in [1.807, 2.05) is 0 Å². The molecule has 0 saturated heterocycles. The van der Waals surface area contributed by atoms with E-state index >= 15 is 0 Å². The van der Waals surface area contributed by atoms with Crippen molar-refractivity contribution < 1.29 is 32.6 Å².